The van der Waals surface area contributed by atoms with Crippen LogP contribution in [0.1, 0.15) is 5.56 Å². The molecule has 0 fully saturated rings. The molecule has 1 N–H and O–H groups in total. The Bertz CT molecular complexity index is 918. The molecule has 0 spiro atoms. The van der Waals surface area contributed by atoms with Gasteiger partial charge in [0.2, 0.25) is 0 Å². The van der Waals surface area contributed by atoms with Crippen LogP contribution in [0.25, 0.3) is 0 Å². The van der Waals surface area contributed by atoms with Crippen molar-refractivity contribution in [2.24, 2.45) is 0 Å². The Morgan fingerprint density at radius 1 is 1.12 bits per heavy atom. The second-order valence-electron chi connectivity index (χ2n) is 5.78. The number of nitrogens with one attached hydrogen (secondary N) is 1. The number of hydrogen-bond donors (Lipinski definition) is 1. The zero-order valence-electron chi connectivity index (χ0n) is 14.0. The smallest absolute Gasteiger partial charge is 0.263 e. The standard InChI is InChI=1S/C17H19N5O2S/c1-21(2)17-8-7-16(11-19-17)25(23,24)20-15-5-3-14(4-6-15)12-22-10-9-18-13-22/h3-11,13,20H,12H2,1-2H3. The van der Waals surface area contributed by atoms with Crippen molar-refractivity contribution in [3.8, 4) is 0 Å². The molecule has 0 aliphatic rings. The molecule has 0 unspecified atom stereocenters. The summed E-state index contributed by atoms with van der Waals surface area (Å²) in [5.74, 6) is 0.697. The fourth-order valence-corrected chi connectivity index (χ4v) is 3.28. The zero-order valence-corrected chi connectivity index (χ0v) is 14.8. The highest BCUT2D eigenvalue weighted by atomic mass is 32.2. The number of sulfonamides is 1. The second-order valence-corrected chi connectivity index (χ2v) is 7.47. The normalized spacial score (nSPS) is 11.3. The fourth-order valence-electron chi connectivity index (χ4n) is 2.28. The summed E-state index contributed by atoms with van der Waals surface area (Å²) in [6.07, 6.45) is 6.69. The van der Waals surface area contributed by atoms with Gasteiger partial charge in [0.25, 0.3) is 10.0 Å². The maximum absolute atomic E-state index is 12.4. The van der Waals surface area contributed by atoms with Crippen molar-refractivity contribution in [1.82, 2.24) is 14.5 Å². The second kappa shape index (κ2) is 6.94. The highest BCUT2D eigenvalue weighted by Crippen LogP contribution is 2.18. The van der Waals surface area contributed by atoms with Gasteiger partial charge in [0.1, 0.15) is 10.7 Å². The Kier molecular flexibility index (Phi) is 4.71. The van der Waals surface area contributed by atoms with Gasteiger partial charge in [0.05, 0.1) is 6.33 Å². The molecule has 0 atom stereocenters. The van der Waals surface area contributed by atoms with Gasteiger partial charge in [0, 0.05) is 44.9 Å². The van der Waals surface area contributed by atoms with E-state index in [4.69, 9.17) is 0 Å². The predicted molar refractivity (Wildman–Crippen MR) is 97.1 cm³/mol. The van der Waals surface area contributed by atoms with Gasteiger partial charge in [-0.25, -0.2) is 18.4 Å². The van der Waals surface area contributed by atoms with Crippen LogP contribution in [-0.4, -0.2) is 37.0 Å². The van der Waals surface area contributed by atoms with Gasteiger partial charge in [-0.2, -0.15) is 0 Å². The Hall–Kier alpha value is -2.87. The molecule has 0 aliphatic carbocycles. The van der Waals surface area contributed by atoms with E-state index in [0.717, 1.165) is 5.56 Å². The lowest BCUT2D eigenvalue weighted by Crippen LogP contribution is -2.15. The van der Waals surface area contributed by atoms with Crippen molar-refractivity contribution in [3.05, 3.63) is 66.9 Å². The van der Waals surface area contributed by atoms with Gasteiger partial charge >= 0.3 is 0 Å². The molecule has 0 saturated carbocycles. The maximum Gasteiger partial charge on any atom is 0.263 e. The highest BCUT2D eigenvalue weighted by molar-refractivity contribution is 7.92. The van der Waals surface area contributed by atoms with E-state index in [1.54, 1.807) is 30.7 Å². The molecule has 3 rings (SSSR count). The van der Waals surface area contributed by atoms with Gasteiger partial charge in [-0.05, 0) is 29.8 Å². The van der Waals surface area contributed by atoms with Crippen LogP contribution in [0.15, 0.2) is 66.2 Å². The third kappa shape index (κ3) is 4.16. The monoisotopic (exact) mass is 357 g/mol. The minimum atomic E-state index is -3.66. The molecule has 0 radical (unpaired) electrons. The third-order valence-corrected chi connectivity index (χ3v) is 4.99. The topological polar surface area (TPSA) is 80.1 Å². The van der Waals surface area contributed by atoms with E-state index in [-0.39, 0.29) is 4.90 Å². The van der Waals surface area contributed by atoms with Crippen LogP contribution < -0.4 is 9.62 Å². The molecule has 7 nitrogen and oxygen atoms in total. The van der Waals surface area contributed by atoms with Crippen molar-refractivity contribution >= 4 is 21.5 Å². The molecular weight excluding hydrogens is 338 g/mol. The molecule has 1 aromatic carbocycles. The number of anilines is 2. The minimum absolute atomic E-state index is 0.126. The summed E-state index contributed by atoms with van der Waals surface area (Å²) in [5.41, 5.74) is 1.56. The summed E-state index contributed by atoms with van der Waals surface area (Å²) in [4.78, 5) is 10.1. The summed E-state index contributed by atoms with van der Waals surface area (Å²) in [6, 6.07) is 10.5. The SMILES string of the molecule is CN(C)c1ccc(S(=O)(=O)Nc2ccc(Cn3ccnc3)cc2)cn1. The lowest BCUT2D eigenvalue weighted by Gasteiger charge is -2.12. The largest absolute Gasteiger partial charge is 0.363 e. The van der Waals surface area contributed by atoms with Gasteiger partial charge in [-0.15, -0.1) is 0 Å². The van der Waals surface area contributed by atoms with E-state index in [1.165, 1.54) is 12.3 Å². The number of benzene rings is 1. The minimum Gasteiger partial charge on any atom is -0.363 e. The summed E-state index contributed by atoms with van der Waals surface area (Å²) in [6.45, 7) is 0.683. The highest BCUT2D eigenvalue weighted by Gasteiger charge is 2.15. The van der Waals surface area contributed by atoms with Crippen LogP contribution in [0, 0.1) is 0 Å². The number of hydrogen-bond acceptors (Lipinski definition) is 5. The van der Waals surface area contributed by atoms with E-state index >= 15 is 0 Å². The third-order valence-electron chi connectivity index (χ3n) is 3.62. The van der Waals surface area contributed by atoms with Crippen molar-refractivity contribution in [1.29, 1.82) is 0 Å². The molecule has 130 valence electrons. The van der Waals surface area contributed by atoms with Crippen LogP contribution >= 0.6 is 0 Å². The number of rotatable bonds is 6. The Balaban J connectivity index is 1.72. The summed E-state index contributed by atoms with van der Waals surface area (Å²) >= 11 is 0. The Morgan fingerprint density at radius 2 is 1.88 bits per heavy atom. The summed E-state index contributed by atoms with van der Waals surface area (Å²) in [7, 11) is 0.0299. The number of pyridine rings is 1. The quantitative estimate of drug-likeness (QED) is 0.731. The first-order valence-electron chi connectivity index (χ1n) is 7.65. The van der Waals surface area contributed by atoms with Crippen molar-refractivity contribution < 1.29 is 8.42 Å². The van der Waals surface area contributed by atoms with E-state index in [0.29, 0.717) is 18.1 Å². The molecule has 0 bridgehead atoms. The molecule has 0 amide bonds. The van der Waals surface area contributed by atoms with Crippen molar-refractivity contribution in [2.45, 2.75) is 11.4 Å². The fraction of sp³-hybridized carbons (Fsp3) is 0.176. The molecule has 2 aromatic heterocycles. The molecule has 8 heteroatoms. The average molecular weight is 357 g/mol. The maximum atomic E-state index is 12.4. The lowest BCUT2D eigenvalue weighted by molar-refractivity contribution is 0.601. The molecule has 2 heterocycles. The molecule has 0 saturated heterocycles. The predicted octanol–water partition coefficient (Wildman–Crippen LogP) is 2.19. The van der Waals surface area contributed by atoms with Gasteiger partial charge in [-0.1, -0.05) is 12.1 Å². The van der Waals surface area contributed by atoms with E-state index in [2.05, 4.69) is 14.7 Å². The van der Waals surface area contributed by atoms with Gasteiger partial charge < -0.3 is 9.47 Å². The first-order chi connectivity index (χ1) is 11.9. The summed E-state index contributed by atoms with van der Waals surface area (Å²) < 4.78 is 29.4. The first-order valence-corrected chi connectivity index (χ1v) is 9.13. The van der Waals surface area contributed by atoms with Crippen LogP contribution in [0.3, 0.4) is 0 Å². The van der Waals surface area contributed by atoms with Gasteiger partial charge in [0.15, 0.2) is 0 Å². The van der Waals surface area contributed by atoms with E-state index < -0.39 is 10.0 Å². The lowest BCUT2D eigenvalue weighted by atomic mass is 10.2. The first kappa shape index (κ1) is 17.0. The van der Waals surface area contributed by atoms with Crippen LogP contribution in [0.4, 0.5) is 11.5 Å². The van der Waals surface area contributed by atoms with E-state index in [1.807, 2.05) is 41.9 Å². The molecular formula is C17H19N5O2S. The Labute approximate surface area is 147 Å². The average Bonchev–Trinajstić information content (AvgIpc) is 3.09. The Morgan fingerprint density at radius 3 is 2.44 bits per heavy atom. The van der Waals surface area contributed by atoms with Crippen LogP contribution in [-0.2, 0) is 16.6 Å². The number of nitrogens with zero attached hydrogens (tertiary/aromatic N) is 4. The number of imidazole rings is 1. The number of aromatic nitrogens is 3. The van der Waals surface area contributed by atoms with Crippen LogP contribution in [0.2, 0.25) is 0 Å². The zero-order chi connectivity index (χ0) is 17.9. The summed E-state index contributed by atoms with van der Waals surface area (Å²) in [5, 5.41) is 0. The van der Waals surface area contributed by atoms with Crippen molar-refractivity contribution in [2.75, 3.05) is 23.7 Å². The molecule has 0 aliphatic heterocycles. The van der Waals surface area contributed by atoms with Crippen molar-refractivity contribution in [3.63, 3.8) is 0 Å². The van der Waals surface area contributed by atoms with Gasteiger partial charge in [-0.3, -0.25) is 4.72 Å². The van der Waals surface area contributed by atoms with Crippen LogP contribution in [0.5, 0.6) is 0 Å². The molecule has 3 aromatic rings. The molecule has 25 heavy (non-hydrogen) atoms. The van der Waals surface area contributed by atoms with E-state index in [9.17, 15) is 8.42 Å².